The maximum Gasteiger partial charge on any atom is 0.218 e. The molecular formula is C9H8ClN. The van der Waals surface area contributed by atoms with E-state index in [1.807, 2.05) is 24.3 Å². The summed E-state index contributed by atoms with van der Waals surface area (Å²) >= 11 is 5.86. The van der Waals surface area contributed by atoms with Crippen LogP contribution in [-0.4, -0.2) is 6.54 Å². The summed E-state index contributed by atoms with van der Waals surface area (Å²) in [6.07, 6.45) is 0.753. The van der Waals surface area contributed by atoms with Gasteiger partial charge < -0.3 is 4.85 Å². The maximum absolute atomic E-state index is 6.60. The lowest BCUT2D eigenvalue weighted by molar-refractivity contribution is 1.08. The van der Waals surface area contributed by atoms with Crippen molar-refractivity contribution in [1.82, 2.24) is 0 Å². The van der Waals surface area contributed by atoms with Gasteiger partial charge in [-0.1, -0.05) is 29.8 Å². The highest BCUT2D eigenvalue weighted by Gasteiger charge is 1.98. The van der Waals surface area contributed by atoms with Gasteiger partial charge in [-0.2, -0.15) is 0 Å². The smallest absolute Gasteiger partial charge is 0.218 e. The van der Waals surface area contributed by atoms with Gasteiger partial charge in [-0.05, 0) is 11.6 Å². The SMILES string of the molecule is [C-]#[N+]CCc1ccccc1Cl. The fourth-order valence-corrected chi connectivity index (χ4v) is 1.11. The summed E-state index contributed by atoms with van der Waals surface area (Å²) in [5.41, 5.74) is 1.06. The Hall–Kier alpha value is -1.00. The molecule has 1 aromatic carbocycles. The van der Waals surface area contributed by atoms with Crippen molar-refractivity contribution < 1.29 is 0 Å². The van der Waals surface area contributed by atoms with Crippen molar-refractivity contribution in [3.8, 4) is 0 Å². The number of hydrogen-bond donors (Lipinski definition) is 0. The molecular weight excluding hydrogens is 158 g/mol. The zero-order valence-corrected chi connectivity index (χ0v) is 6.80. The molecule has 0 amide bonds. The monoisotopic (exact) mass is 165 g/mol. The first kappa shape index (κ1) is 8.10. The van der Waals surface area contributed by atoms with Crippen molar-refractivity contribution in [2.24, 2.45) is 0 Å². The third kappa shape index (κ3) is 2.25. The van der Waals surface area contributed by atoms with E-state index in [0.717, 1.165) is 17.0 Å². The molecule has 0 unspecified atom stereocenters. The molecule has 0 aliphatic heterocycles. The van der Waals surface area contributed by atoms with E-state index in [-0.39, 0.29) is 0 Å². The molecule has 0 radical (unpaired) electrons. The molecule has 1 aromatic rings. The molecule has 0 aliphatic carbocycles. The highest BCUT2D eigenvalue weighted by molar-refractivity contribution is 6.31. The summed E-state index contributed by atoms with van der Waals surface area (Å²) in [6, 6.07) is 7.63. The van der Waals surface area contributed by atoms with Crippen molar-refractivity contribution >= 4 is 11.6 Å². The molecule has 0 saturated heterocycles. The van der Waals surface area contributed by atoms with Crippen molar-refractivity contribution in [3.63, 3.8) is 0 Å². The van der Waals surface area contributed by atoms with E-state index in [2.05, 4.69) is 4.85 Å². The highest BCUT2D eigenvalue weighted by atomic mass is 35.5. The lowest BCUT2D eigenvalue weighted by atomic mass is 10.1. The minimum atomic E-state index is 0.518. The van der Waals surface area contributed by atoms with E-state index < -0.39 is 0 Å². The average Bonchev–Trinajstić information content (AvgIpc) is 2.03. The molecule has 0 spiro atoms. The molecule has 0 atom stereocenters. The van der Waals surface area contributed by atoms with Crippen LogP contribution in [-0.2, 0) is 6.42 Å². The lowest BCUT2D eigenvalue weighted by Gasteiger charge is -1.96. The van der Waals surface area contributed by atoms with Gasteiger partial charge in [0.25, 0.3) is 0 Å². The van der Waals surface area contributed by atoms with Gasteiger partial charge in [-0.25, -0.2) is 6.57 Å². The van der Waals surface area contributed by atoms with E-state index in [1.165, 1.54) is 0 Å². The van der Waals surface area contributed by atoms with Crippen LogP contribution in [0.15, 0.2) is 24.3 Å². The Bertz CT molecular complexity index is 275. The minimum Gasteiger partial charge on any atom is -0.317 e. The summed E-state index contributed by atoms with van der Waals surface area (Å²) in [5, 5.41) is 0.760. The van der Waals surface area contributed by atoms with Crippen LogP contribution >= 0.6 is 11.6 Å². The Kier molecular flexibility index (Phi) is 2.95. The maximum atomic E-state index is 6.60. The molecule has 2 heteroatoms. The van der Waals surface area contributed by atoms with Crippen LogP contribution in [0.4, 0.5) is 0 Å². The first-order chi connectivity index (χ1) is 5.34. The molecule has 1 rings (SSSR count). The number of rotatable bonds is 2. The molecule has 0 aromatic heterocycles. The summed E-state index contributed by atoms with van der Waals surface area (Å²) < 4.78 is 0. The predicted molar refractivity (Wildman–Crippen MR) is 46.6 cm³/mol. The average molecular weight is 166 g/mol. The highest BCUT2D eigenvalue weighted by Crippen LogP contribution is 2.14. The van der Waals surface area contributed by atoms with Crippen LogP contribution in [0.25, 0.3) is 4.85 Å². The zero-order valence-electron chi connectivity index (χ0n) is 6.05. The van der Waals surface area contributed by atoms with E-state index in [0.29, 0.717) is 6.54 Å². The predicted octanol–water partition coefficient (Wildman–Crippen LogP) is 2.80. The first-order valence-corrected chi connectivity index (χ1v) is 3.79. The molecule has 0 bridgehead atoms. The van der Waals surface area contributed by atoms with E-state index >= 15 is 0 Å². The molecule has 0 N–H and O–H groups in total. The fourth-order valence-electron chi connectivity index (χ4n) is 0.877. The van der Waals surface area contributed by atoms with E-state index in [4.69, 9.17) is 18.2 Å². The Morgan fingerprint density at radius 3 is 2.73 bits per heavy atom. The standard InChI is InChI=1S/C9H8ClN/c1-11-7-6-8-4-2-3-5-9(8)10/h2-5H,6-7H2. The van der Waals surface area contributed by atoms with Crippen LogP contribution in [0.3, 0.4) is 0 Å². The van der Waals surface area contributed by atoms with Crippen molar-refractivity contribution in [3.05, 3.63) is 46.3 Å². The topological polar surface area (TPSA) is 4.36 Å². The summed E-state index contributed by atoms with van der Waals surface area (Å²) in [7, 11) is 0. The van der Waals surface area contributed by atoms with Gasteiger partial charge in [0.15, 0.2) is 0 Å². The van der Waals surface area contributed by atoms with Crippen molar-refractivity contribution in [1.29, 1.82) is 0 Å². The molecule has 0 aliphatic rings. The Morgan fingerprint density at radius 2 is 2.09 bits per heavy atom. The molecule has 0 fully saturated rings. The third-order valence-corrected chi connectivity index (χ3v) is 1.82. The van der Waals surface area contributed by atoms with Crippen molar-refractivity contribution in [2.75, 3.05) is 6.54 Å². The van der Waals surface area contributed by atoms with Crippen LogP contribution in [0, 0.1) is 6.57 Å². The second-order valence-corrected chi connectivity index (χ2v) is 2.63. The van der Waals surface area contributed by atoms with Crippen LogP contribution < -0.4 is 0 Å². The quantitative estimate of drug-likeness (QED) is 0.594. The molecule has 0 heterocycles. The second-order valence-electron chi connectivity index (χ2n) is 2.22. The van der Waals surface area contributed by atoms with Gasteiger partial charge >= 0.3 is 0 Å². The largest absolute Gasteiger partial charge is 0.317 e. The van der Waals surface area contributed by atoms with E-state index in [9.17, 15) is 0 Å². The van der Waals surface area contributed by atoms with E-state index in [1.54, 1.807) is 0 Å². The van der Waals surface area contributed by atoms with Gasteiger partial charge in [0, 0.05) is 11.4 Å². The Balaban J connectivity index is 2.71. The molecule has 0 saturated carbocycles. The summed E-state index contributed by atoms with van der Waals surface area (Å²) in [6.45, 7) is 7.12. The van der Waals surface area contributed by atoms with Crippen LogP contribution in [0.2, 0.25) is 5.02 Å². The van der Waals surface area contributed by atoms with Gasteiger partial charge in [0.2, 0.25) is 6.54 Å². The zero-order chi connectivity index (χ0) is 8.10. The molecule has 11 heavy (non-hydrogen) atoms. The number of halogens is 1. The first-order valence-electron chi connectivity index (χ1n) is 3.41. The normalized spacial score (nSPS) is 9.09. The van der Waals surface area contributed by atoms with Gasteiger partial charge in [0.1, 0.15) is 0 Å². The van der Waals surface area contributed by atoms with Gasteiger partial charge in [0.05, 0.1) is 0 Å². The van der Waals surface area contributed by atoms with Gasteiger partial charge in [-0.15, -0.1) is 0 Å². The number of benzene rings is 1. The second kappa shape index (κ2) is 4.00. The fraction of sp³-hybridized carbons (Fsp3) is 0.222. The summed E-state index contributed by atoms with van der Waals surface area (Å²) in [4.78, 5) is 3.26. The van der Waals surface area contributed by atoms with Crippen molar-refractivity contribution in [2.45, 2.75) is 6.42 Å². The lowest BCUT2D eigenvalue weighted by Crippen LogP contribution is -1.87. The number of nitrogens with zero attached hydrogens (tertiary/aromatic N) is 1. The molecule has 1 nitrogen and oxygen atoms in total. The minimum absolute atomic E-state index is 0.518. The van der Waals surface area contributed by atoms with Crippen LogP contribution in [0.5, 0.6) is 0 Å². The Labute approximate surface area is 71.4 Å². The number of hydrogen-bond acceptors (Lipinski definition) is 0. The molecule has 56 valence electrons. The summed E-state index contributed by atoms with van der Waals surface area (Å²) in [5.74, 6) is 0. The third-order valence-electron chi connectivity index (χ3n) is 1.45. The van der Waals surface area contributed by atoms with Gasteiger partial charge in [-0.3, -0.25) is 0 Å². The van der Waals surface area contributed by atoms with Crippen LogP contribution in [0.1, 0.15) is 5.56 Å². The Morgan fingerprint density at radius 1 is 1.36 bits per heavy atom.